The van der Waals surface area contributed by atoms with Gasteiger partial charge in [-0.05, 0) is 44.0 Å². The first-order valence-corrected chi connectivity index (χ1v) is 9.13. The van der Waals surface area contributed by atoms with Crippen molar-refractivity contribution in [1.82, 2.24) is 14.5 Å². The molecule has 1 fully saturated rings. The minimum atomic E-state index is 0.0924. The van der Waals surface area contributed by atoms with Gasteiger partial charge in [0.25, 0.3) is 0 Å². The summed E-state index contributed by atoms with van der Waals surface area (Å²) in [5, 5.41) is 1.01. The molecule has 0 atom stereocenters. The highest BCUT2D eigenvalue weighted by Crippen LogP contribution is 2.31. The second kappa shape index (κ2) is 6.79. The first-order valence-electron chi connectivity index (χ1n) is 9.13. The maximum atomic E-state index is 12.5. The Balaban J connectivity index is 1.96. The molecule has 0 saturated carbocycles. The van der Waals surface area contributed by atoms with E-state index in [1.165, 1.54) is 12.8 Å². The Kier molecular flexibility index (Phi) is 4.33. The molecule has 0 N–H and O–H groups in total. The van der Waals surface area contributed by atoms with Crippen molar-refractivity contribution in [2.45, 2.75) is 19.8 Å². The summed E-state index contributed by atoms with van der Waals surface area (Å²) >= 11 is 0. The van der Waals surface area contributed by atoms with Crippen LogP contribution in [0.1, 0.15) is 41.5 Å². The molecule has 3 heterocycles. The zero-order valence-electron chi connectivity index (χ0n) is 15.3. The Bertz CT molecular complexity index is 979. The lowest BCUT2D eigenvalue weighted by Crippen LogP contribution is -2.18. The molecule has 1 saturated heterocycles. The summed E-state index contributed by atoms with van der Waals surface area (Å²) in [4.78, 5) is 19.4. The van der Waals surface area contributed by atoms with Crippen LogP contribution in [0.3, 0.4) is 0 Å². The number of benzene rings is 1. The number of hydrogen-bond acceptors (Lipinski definition) is 3. The highest BCUT2D eigenvalue weighted by atomic mass is 16.1. The number of carbonyl (C=O) groups excluding carboxylic acids is 1. The molecule has 1 aliphatic rings. The highest BCUT2D eigenvalue weighted by Gasteiger charge is 2.21. The highest BCUT2D eigenvalue weighted by molar-refractivity contribution is 6.11. The van der Waals surface area contributed by atoms with E-state index in [2.05, 4.69) is 26.6 Å². The Labute approximate surface area is 153 Å². The Hall–Kier alpha value is -2.88. The first-order chi connectivity index (χ1) is 12.7. The molecular weight excluding hydrogens is 322 g/mol. The number of Topliss-reactive ketones (excluding diaryl/α,β-unsaturated/α-hetero) is 1. The van der Waals surface area contributed by atoms with Gasteiger partial charge in [-0.25, -0.2) is 0 Å². The lowest BCUT2D eigenvalue weighted by molar-refractivity contribution is 0.101. The zero-order valence-corrected chi connectivity index (χ0v) is 15.3. The Morgan fingerprint density at radius 2 is 1.81 bits per heavy atom. The van der Waals surface area contributed by atoms with Crippen molar-refractivity contribution in [2.24, 2.45) is 7.05 Å². The van der Waals surface area contributed by atoms with Gasteiger partial charge in [0.1, 0.15) is 0 Å². The molecule has 0 spiro atoms. The molecule has 0 unspecified atom stereocenters. The van der Waals surface area contributed by atoms with Crippen molar-refractivity contribution in [3.8, 4) is 0 Å². The summed E-state index contributed by atoms with van der Waals surface area (Å²) in [5.74, 6) is 0.0924. The van der Waals surface area contributed by atoms with Crippen LogP contribution in [0.4, 0.5) is 0 Å². The molecule has 2 aromatic heterocycles. The molecule has 0 aliphatic carbocycles. The summed E-state index contributed by atoms with van der Waals surface area (Å²) in [6, 6.07) is 14.1. The van der Waals surface area contributed by atoms with Crippen LogP contribution in [-0.2, 0) is 7.05 Å². The second-order valence-electron chi connectivity index (χ2n) is 6.83. The van der Waals surface area contributed by atoms with Gasteiger partial charge in [0, 0.05) is 37.2 Å². The summed E-state index contributed by atoms with van der Waals surface area (Å²) in [6.07, 6.45) is 6.36. The molecule has 4 heteroatoms. The van der Waals surface area contributed by atoms with E-state index in [9.17, 15) is 4.79 Å². The normalized spacial score (nSPS) is 15.0. The summed E-state index contributed by atoms with van der Waals surface area (Å²) in [7, 11) is 2.03. The molecule has 4 rings (SSSR count). The number of aromatic nitrogens is 2. The molecule has 26 heavy (non-hydrogen) atoms. The van der Waals surface area contributed by atoms with Crippen molar-refractivity contribution in [3.05, 3.63) is 65.6 Å². The molecule has 3 aromatic rings. The fourth-order valence-corrected chi connectivity index (χ4v) is 3.88. The van der Waals surface area contributed by atoms with E-state index in [1.807, 2.05) is 49.6 Å². The van der Waals surface area contributed by atoms with Crippen molar-refractivity contribution in [3.63, 3.8) is 0 Å². The number of hydrogen-bond donors (Lipinski definition) is 0. The molecule has 0 bridgehead atoms. The topological polar surface area (TPSA) is 38.1 Å². The minimum Gasteiger partial charge on any atom is -0.370 e. The van der Waals surface area contributed by atoms with Crippen LogP contribution < -0.4 is 0 Å². The average Bonchev–Trinajstić information content (AvgIpc) is 3.28. The van der Waals surface area contributed by atoms with E-state index in [0.29, 0.717) is 0 Å². The van der Waals surface area contributed by atoms with E-state index in [0.717, 1.165) is 46.6 Å². The third-order valence-corrected chi connectivity index (χ3v) is 5.15. The van der Waals surface area contributed by atoms with Crippen LogP contribution >= 0.6 is 0 Å². The number of carbonyl (C=O) groups is 1. The van der Waals surface area contributed by atoms with E-state index in [4.69, 9.17) is 0 Å². The second-order valence-corrected chi connectivity index (χ2v) is 6.83. The van der Waals surface area contributed by atoms with Crippen molar-refractivity contribution in [1.29, 1.82) is 0 Å². The minimum absolute atomic E-state index is 0.0924. The predicted molar refractivity (Wildman–Crippen MR) is 106 cm³/mol. The zero-order chi connectivity index (χ0) is 18.1. The van der Waals surface area contributed by atoms with Gasteiger partial charge in [-0.2, -0.15) is 0 Å². The van der Waals surface area contributed by atoms with Gasteiger partial charge < -0.3 is 9.47 Å². The van der Waals surface area contributed by atoms with E-state index < -0.39 is 0 Å². The lowest BCUT2D eigenvalue weighted by Gasteiger charge is -2.21. The smallest absolute Gasteiger partial charge is 0.162 e. The number of fused-ring (bicyclic) bond motifs is 1. The molecular formula is C22H23N3O. The van der Waals surface area contributed by atoms with Crippen molar-refractivity contribution in [2.75, 3.05) is 13.1 Å². The number of rotatable bonds is 4. The maximum Gasteiger partial charge on any atom is 0.162 e. The average molecular weight is 345 g/mol. The Morgan fingerprint density at radius 1 is 1.08 bits per heavy atom. The van der Waals surface area contributed by atoms with Crippen molar-refractivity contribution < 1.29 is 4.79 Å². The number of ketones is 1. The quantitative estimate of drug-likeness (QED) is 0.659. The number of aryl methyl sites for hydroxylation is 1. The van der Waals surface area contributed by atoms with Gasteiger partial charge in [0.15, 0.2) is 5.78 Å². The van der Waals surface area contributed by atoms with Gasteiger partial charge in [0.2, 0.25) is 0 Å². The molecule has 0 amide bonds. The molecule has 0 radical (unpaired) electrons. The van der Waals surface area contributed by atoms with Gasteiger partial charge in [0.05, 0.1) is 22.6 Å². The number of pyridine rings is 1. The summed E-state index contributed by atoms with van der Waals surface area (Å²) in [6.45, 7) is 3.71. The van der Waals surface area contributed by atoms with Gasteiger partial charge >= 0.3 is 0 Å². The van der Waals surface area contributed by atoms with Crippen LogP contribution in [-0.4, -0.2) is 33.3 Å². The monoisotopic (exact) mass is 345 g/mol. The maximum absolute atomic E-state index is 12.5. The number of para-hydroxylation sites is 1. The number of likely N-dealkylation sites (tertiary alicyclic amines) is 1. The fourth-order valence-electron chi connectivity index (χ4n) is 3.88. The van der Waals surface area contributed by atoms with Crippen LogP contribution in [0.15, 0.2) is 48.7 Å². The summed E-state index contributed by atoms with van der Waals surface area (Å²) in [5.41, 5.74) is 4.86. The van der Waals surface area contributed by atoms with Crippen LogP contribution in [0, 0.1) is 0 Å². The van der Waals surface area contributed by atoms with E-state index in [-0.39, 0.29) is 5.78 Å². The summed E-state index contributed by atoms with van der Waals surface area (Å²) < 4.78 is 2.12. The third kappa shape index (κ3) is 2.81. The lowest BCUT2D eigenvalue weighted by atomic mass is 10.1. The molecule has 1 aliphatic heterocycles. The third-order valence-electron chi connectivity index (χ3n) is 5.15. The Morgan fingerprint density at radius 3 is 2.50 bits per heavy atom. The molecule has 132 valence electrons. The van der Waals surface area contributed by atoms with Gasteiger partial charge in [-0.1, -0.05) is 24.3 Å². The predicted octanol–water partition coefficient (Wildman–Crippen LogP) is 4.37. The largest absolute Gasteiger partial charge is 0.370 e. The van der Waals surface area contributed by atoms with E-state index >= 15 is 0 Å². The van der Waals surface area contributed by atoms with Crippen LogP contribution in [0.5, 0.6) is 0 Å². The molecule has 4 nitrogen and oxygen atoms in total. The standard InChI is InChI=1S/C22H23N3O/c1-16(26)22-17-9-3-4-11-19(17)24(2)21(22)15-20(25-13-7-8-14-25)18-10-5-6-12-23-18/h3-6,9-12,15H,7-8,13-14H2,1-2H3/b20-15+. The van der Waals surface area contributed by atoms with Crippen LogP contribution in [0.25, 0.3) is 22.7 Å². The van der Waals surface area contributed by atoms with Crippen molar-refractivity contribution >= 4 is 28.5 Å². The SMILES string of the molecule is CC(=O)c1c(/C=C(\c2ccccn2)N2CCCC2)n(C)c2ccccc12. The first kappa shape index (κ1) is 16.6. The van der Waals surface area contributed by atoms with E-state index in [1.54, 1.807) is 6.92 Å². The van der Waals surface area contributed by atoms with Gasteiger partial charge in [-0.3, -0.25) is 9.78 Å². The number of nitrogens with zero attached hydrogens (tertiary/aromatic N) is 3. The fraction of sp³-hybridized carbons (Fsp3) is 0.273. The van der Waals surface area contributed by atoms with Gasteiger partial charge in [-0.15, -0.1) is 0 Å². The van der Waals surface area contributed by atoms with Crippen LogP contribution in [0.2, 0.25) is 0 Å². The molecule has 1 aromatic carbocycles.